The summed E-state index contributed by atoms with van der Waals surface area (Å²) in [4.78, 5) is 16.8. The number of hydrogen-bond acceptors (Lipinski definition) is 3. The van der Waals surface area contributed by atoms with Crippen LogP contribution in [0, 0.1) is 5.92 Å². The molecule has 0 aliphatic rings. The number of rotatable bonds is 5. The third-order valence-electron chi connectivity index (χ3n) is 3.77. The van der Waals surface area contributed by atoms with Crippen molar-refractivity contribution in [2.75, 3.05) is 0 Å². The third kappa shape index (κ3) is 3.08. The van der Waals surface area contributed by atoms with Gasteiger partial charge in [0.05, 0.1) is 23.1 Å². The van der Waals surface area contributed by atoms with Crippen molar-refractivity contribution in [2.24, 2.45) is 11.7 Å². The molecule has 0 aliphatic carbocycles. The second-order valence-corrected chi connectivity index (χ2v) is 5.70. The van der Waals surface area contributed by atoms with E-state index in [0.717, 1.165) is 23.4 Å². The molecule has 1 aromatic carbocycles. The summed E-state index contributed by atoms with van der Waals surface area (Å²) in [5.74, 6) is 0.845. The Bertz CT molecular complexity index is 632. The SMILES string of the molecule is CCn1c(C(C)NC(=O)[C@@H](N)C(C)C)nc2ccccc21. The highest BCUT2D eigenvalue weighted by atomic mass is 16.2. The van der Waals surface area contributed by atoms with Crippen LogP contribution in [-0.4, -0.2) is 21.5 Å². The van der Waals surface area contributed by atoms with E-state index in [2.05, 4.69) is 21.8 Å². The van der Waals surface area contributed by atoms with E-state index in [1.165, 1.54) is 0 Å². The number of nitrogens with two attached hydrogens (primary N) is 1. The van der Waals surface area contributed by atoms with Crippen molar-refractivity contribution in [2.45, 2.75) is 46.3 Å². The highest BCUT2D eigenvalue weighted by molar-refractivity contribution is 5.82. The Hall–Kier alpha value is -1.88. The lowest BCUT2D eigenvalue weighted by Gasteiger charge is -2.20. The van der Waals surface area contributed by atoms with Crippen LogP contribution in [0.15, 0.2) is 24.3 Å². The van der Waals surface area contributed by atoms with E-state index in [1.807, 2.05) is 45.0 Å². The first-order valence-corrected chi connectivity index (χ1v) is 7.46. The number of carbonyl (C=O) groups excluding carboxylic acids is 1. The Morgan fingerprint density at radius 1 is 1.33 bits per heavy atom. The number of carbonyl (C=O) groups is 1. The van der Waals surface area contributed by atoms with Gasteiger partial charge in [-0.2, -0.15) is 0 Å². The van der Waals surface area contributed by atoms with Gasteiger partial charge in [0.25, 0.3) is 0 Å². The number of benzene rings is 1. The molecule has 5 nitrogen and oxygen atoms in total. The zero-order valence-corrected chi connectivity index (χ0v) is 13.1. The average Bonchev–Trinajstić information content (AvgIpc) is 2.84. The number of para-hydroxylation sites is 2. The molecule has 114 valence electrons. The van der Waals surface area contributed by atoms with Gasteiger partial charge >= 0.3 is 0 Å². The van der Waals surface area contributed by atoms with Gasteiger partial charge in [0.2, 0.25) is 5.91 Å². The van der Waals surface area contributed by atoms with Crippen LogP contribution in [0.5, 0.6) is 0 Å². The fourth-order valence-electron chi connectivity index (χ4n) is 2.43. The summed E-state index contributed by atoms with van der Waals surface area (Å²) in [7, 11) is 0. The van der Waals surface area contributed by atoms with Gasteiger partial charge in [-0.05, 0) is 31.9 Å². The highest BCUT2D eigenvalue weighted by Crippen LogP contribution is 2.20. The summed E-state index contributed by atoms with van der Waals surface area (Å²) >= 11 is 0. The second kappa shape index (κ2) is 6.26. The summed E-state index contributed by atoms with van der Waals surface area (Å²) in [5.41, 5.74) is 7.93. The Kier molecular flexibility index (Phi) is 4.63. The molecule has 0 saturated carbocycles. The zero-order chi connectivity index (χ0) is 15.6. The van der Waals surface area contributed by atoms with Crippen LogP contribution in [0.4, 0.5) is 0 Å². The maximum absolute atomic E-state index is 12.1. The van der Waals surface area contributed by atoms with Crippen molar-refractivity contribution in [3.63, 3.8) is 0 Å². The molecule has 0 saturated heterocycles. The lowest BCUT2D eigenvalue weighted by atomic mass is 10.0. The van der Waals surface area contributed by atoms with Gasteiger partial charge in [-0.15, -0.1) is 0 Å². The van der Waals surface area contributed by atoms with Crippen molar-refractivity contribution >= 4 is 16.9 Å². The molecule has 2 aromatic rings. The smallest absolute Gasteiger partial charge is 0.237 e. The molecule has 1 amide bonds. The van der Waals surface area contributed by atoms with Crippen LogP contribution in [0.25, 0.3) is 11.0 Å². The number of aryl methyl sites for hydroxylation is 1. The maximum atomic E-state index is 12.1. The van der Waals surface area contributed by atoms with E-state index >= 15 is 0 Å². The van der Waals surface area contributed by atoms with Crippen molar-refractivity contribution in [1.82, 2.24) is 14.9 Å². The monoisotopic (exact) mass is 288 g/mol. The minimum absolute atomic E-state index is 0.113. The van der Waals surface area contributed by atoms with Gasteiger partial charge in [0, 0.05) is 6.54 Å². The molecule has 0 bridgehead atoms. The average molecular weight is 288 g/mol. The molecule has 1 unspecified atom stereocenters. The largest absolute Gasteiger partial charge is 0.345 e. The normalized spacial score (nSPS) is 14.4. The Labute approximate surface area is 125 Å². The van der Waals surface area contributed by atoms with Crippen LogP contribution in [0.1, 0.15) is 39.6 Å². The predicted molar refractivity (Wildman–Crippen MR) is 84.8 cm³/mol. The summed E-state index contributed by atoms with van der Waals surface area (Å²) in [6.07, 6.45) is 0. The first-order valence-electron chi connectivity index (χ1n) is 7.46. The molecule has 21 heavy (non-hydrogen) atoms. The van der Waals surface area contributed by atoms with Gasteiger partial charge < -0.3 is 15.6 Å². The molecule has 0 spiro atoms. The van der Waals surface area contributed by atoms with Gasteiger partial charge in [-0.25, -0.2) is 4.98 Å². The van der Waals surface area contributed by atoms with E-state index in [0.29, 0.717) is 0 Å². The number of aromatic nitrogens is 2. The molecule has 1 heterocycles. The molecule has 0 radical (unpaired) electrons. The van der Waals surface area contributed by atoms with E-state index in [9.17, 15) is 4.79 Å². The summed E-state index contributed by atoms with van der Waals surface area (Å²) in [6, 6.07) is 7.33. The molecular weight excluding hydrogens is 264 g/mol. The lowest BCUT2D eigenvalue weighted by molar-refractivity contribution is -0.123. The van der Waals surface area contributed by atoms with Crippen LogP contribution in [0.2, 0.25) is 0 Å². The van der Waals surface area contributed by atoms with Crippen molar-refractivity contribution < 1.29 is 4.79 Å². The zero-order valence-electron chi connectivity index (χ0n) is 13.1. The number of imidazole rings is 1. The predicted octanol–water partition coefficient (Wildman–Crippen LogP) is 2.22. The van der Waals surface area contributed by atoms with Crippen molar-refractivity contribution in [3.05, 3.63) is 30.1 Å². The fraction of sp³-hybridized carbons (Fsp3) is 0.500. The lowest BCUT2D eigenvalue weighted by Crippen LogP contribution is -2.45. The minimum Gasteiger partial charge on any atom is -0.345 e. The number of fused-ring (bicyclic) bond motifs is 1. The molecule has 2 atom stereocenters. The van der Waals surface area contributed by atoms with Crippen molar-refractivity contribution in [1.29, 1.82) is 0 Å². The molecule has 1 aromatic heterocycles. The van der Waals surface area contributed by atoms with Crippen LogP contribution < -0.4 is 11.1 Å². The summed E-state index contributed by atoms with van der Waals surface area (Å²) < 4.78 is 2.13. The van der Waals surface area contributed by atoms with Crippen molar-refractivity contribution in [3.8, 4) is 0 Å². The standard InChI is InChI=1S/C16H24N4O/c1-5-20-13-9-7-6-8-12(13)19-15(20)11(4)18-16(21)14(17)10(2)3/h6-11,14H,5,17H2,1-4H3,(H,18,21)/t11?,14-/m0/s1. The molecule has 5 heteroatoms. The molecule has 3 N–H and O–H groups in total. The van der Waals surface area contributed by atoms with Crippen LogP contribution >= 0.6 is 0 Å². The molecule has 2 rings (SSSR count). The molecular formula is C16H24N4O. The maximum Gasteiger partial charge on any atom is 0.237 e. The van der Waals surface area contributed by atoms with Gasteiger partial charge in [0.1, 0.15) is 5.82 Å². The van der Waals surface area contributed by atoms with E-state index in [1.54, 1.807) is 0 Å². The Morgan fingerprint density at radius 3 is 2.62 bits per heavy atom. The highest BCUT2D eigenvalue weighted by Gasteiger charge is 2.22. The third-order valence-corrected chi connectivity index (χ3v) is 3.77. The number of nitrogens with one attached hydrogen (secondary N) is 1. The van der Waals surface area contributed by atoms with Gasteiger partial charge in [-0.3, -0.25) is 4.79 Å². The number of hydrogen-bond donors (Lipinski definition) is 2. The molecule has 0 aliphatic heterocycles. The summed E-state index contributed by atoms with van der Waals surface area (Å²) in [6.45, 7) is 8.71. The van der Waals surface area contributed by atoms with E-state index < -0.39 is 6.04 Å². The number of nitrogens with zero attached hydrogens (tertiary/aromatic N) is 2. The minimum atomic E-state index is -0.494. The second-order valence-electron chi connectivity index (χ2n) is 5.70. The quantitative estimate of drug-likeness (QED) is 0.886. The van der Waals surface area contributed by atoms with Crippen LogP contribution in [0.3, 0.4) is 0 Å². The van der Waals surface area contributed by atoms with E-state index in [4.69, 9.17) is 5.73 Å². The van der Waals surface area contributed by atoms with Crippen LogP contribution in [-0.2, 0) is 11.3 Å². The van der Waals surface area contributed by atoms with E-state index in [-0.39, 0.29) is 17.9 Å². The first kappa shape index (κ1) is 15.5. The van der Waals surface area contributed by atoms with Gasteiger partial charge in [0.15, 0.2) is 0 Å². The Balaban J connectivity index is 2.27. The fourth-order valence-corrected chi connectivity index (χ4v) is 2.43. The molecule has 0 fully saturated rings. The topological polar surface area (TPSA) is 72.9 Å². The first-order chi connectivity index (χ1) is 9.95. The Morgan fingerprint density at radius 2 is 2.00 bits per heavy atom. The summed E-state index contributed by atoms with van der Waals surface area (Å²) in [5, 5.41) is 2.97. The van der Waals surface area contributed by atoms with Gasteiger partial charge in [-0.1, -0.05) is 26.0 Å². The number of amides is 1.